The maximum atomic E-state index is 13.7. The largest absolute Gasteiger partial charge is 0.508 e. The van der Waals surface area contributed by atoms with E-state index in [0.717, 1.165) is 5.56 Å². The minimum Gasteiger partial charge on any atom is -0.508 e. The molecular formula is C31H27N9O3. The Balaban J connectivity index is 1.37. The Labute approximate surface area is 245 Å². The Morgan fingerprint density at radius 2 is 1.79 bits per heavy atom. The molecule has 0 aliphatic rings. The minimum absolute atomic E-state index is 0.0633. The molecule has 43 heavy (non-hydrogen) atoms. The summed E-state index contributed by atoms with van der Waals surface area (Å²) in [6.07, 6.45) is 6.20. The average molecular weight is 574 g/mol. The third-order valence-corrected chi connectivity index (χ3v) is 6.96. The van der Waals surface area contributed by atoms with Gasteiger partial charge in [-0.1, -0.05) is 18.2 Å². The van der Waals surface area contributed by atoms with Gasteiger partial charge in [-0.15, -0.1) is 0 Å². The van der Waals surface area contributed by atoms with Crippen molar-refractivity contribution in [3.05, 3.63) is 119 Å². The van der Waals surface area contributed by atoms with Crippen molar-refractivity contribution in [3.63, 3.8) is 0 Å². The second-order valence-electron chi connectivity index (χ2n) is 9.94. The van der Waals surface area contributed by atoms with E-state index in [-0.39, 0.29) is 23.0 Å². The van der Waals surface area contributed by atoms with E-state index in [9.17, 15) is 14.7 Å². The Bertz CT molecular complexity index is 2020. The number of carbonyl (C=O) groups is 1. The molecule has 1 atom stereocenters. The predicted octanol–water partition coefficient (Wildman–Crippen LogP) is 4.36. The fourth-order valence-corrected chi connectivity index (χ4v) is 4.86. The van der Waals surface area contributed by atoms with Crippen LogP contribution >= 0.6 is 0 Å². The molecule has 0 saturated heterocycles. The molecule has 6 rings (SSSR count). The number of phenolic OH excluding ortho intramolecular Hbond substituents is 1. The van der Waals surface area contributed by atoms with Gasteiger partial charge in [0, 0.05) is 23.5 Å². The third kappa shape index (κ3) is 5.24. The predicted molar refractivity (Wildman–Crippen MR) is 163 cm³/mol. The molecule has 0 unspecified atom stereocenters. The van der Waals surface area contributed by atoms with Crippen LogP contribution in [0.4, 0.5) is 17.3 Å². The Kier molecular flexibility index (Phi) is 7.00. The number of pyridine rings is 1. The SMILES string of the molecule is Cc1ccn2nc([C@H](C)Nc3ncnc(N)c3-c3cncc(NC(=O)c4ccc(O)cc4)c3)n(-c3ccccc3)c(=O)c12. The third-order valence-electron chi connectivity index (χ3n) is 6.96. The van der Waals surface area contributed by atoms with Gasteiger partial charge in [-0.25, -0.2) is 14.5 Å². The number of aryl methyl sites for hydroxylation is 1. The van der Waals surface area contributed by atoms with Gasteiger partial charge < -0.3 is 21.5 Å². The van der Waals surface area contributed by atoms with Crippen LogP contribution in [0.1, 0.15) is 34.7 Å². The Morgan fingerprint density at radius 1 is 1.02 bits per heavy atom. The highest BCUT2D eigenvalue weighted by molar-refractivity contribution is 6.04. The van der Waals surface area contributed by atoms with Crippen molar-refractivity contribution < 1.29 is 9.90 Å². The summed E-state index contributed by atoms with van der Waals surface area (Å²) in [5.41, 5.74) is 9.95. The van der Waals surface area contributed by atoms with Crippen LogP contribution in [-0.4, -0.2) is 40.1 Å². The van der Waals surface area contributed by atoms with Crippen LogP contribution in [0.25, 0.3) is 22.3 Å². The van der Waals surface area contributed by atoms with Gasteiger partial charge >= 0.3 is 0 Å². The van der Waals surface area contributed by atoms with Gasteiger partial charge in [0.25, 0.3) is 11.5 Å². The van der Waals surface area contributed by atoms with Gasteiger partial charge in [0.05, 0.1) is 29.2 Å². The van der Waals surface area contributed by atoms with Gasteiger partial charge in [-0.3, -0.25) is 19.1 Å². The van der Waals surface area contributed by atoms with Gasteiger partial charge in [0.15, 0.2) is 5.82 Å². The number of anilines is 3. The summed E-state index contributed by atoms with van der Waals surface area (Å²) in [7, 11) is 0. The lowest BCUT2D eigenvalue weighted by Gasteiger charge is -2.21. The van der Waals surface area contributed by atoms with Crippen LogP contribution in [0.2, 0.25) is 0 Å². The van der Waals surface area contributed by atoms with Crippen LogP contribution in [0.5, 0.6) is 5.75 Å². The van der Waals surface area contributed by atoms with Crippen molar-refractivity contribution >= 4 is 28.7 Å². The molecule has 0 spiro atoms. The normalized spacial score (nSPS) is 11.8. The van der Waals surface area contributed by atoms with Crippen molar-refractivity contribution in [2.45, 2.75) is 19.9 Å². The number of nitrogens with one attached hydrogen (secondary N) is 2. The number of nitrogen functional groups attached to an aromatic ring is 1. The monoisotopic (exact) mass is 573 g/mol. The number of amides is 1. The first kappa shape index (κ1) is 27.1. The maximum Gasteiger partial charge on any atom is 0.282 e. The number of fused-ring (bicyclic) bond motifs is 1. The lowest BCUT2D eigenvalue weighted by atomic mass is 10.1. The first-order valence-corrected chi connectivity index (χ1v) is 13.4. The van der Waals surface area contributed by atoms with Gasteiger partial charge in [0.2, 0.25) is 0 Å². The van der Waals surface area contributed by atoms with E-state index in [0.29, 0.717) is 45.2 Å². The number of phenols is 1. The molecule has 1 amide bonds. The lowest BCUT2D eigenvalue weighted by Crippen LogP contribution is -2.29. The highest BCUT2D eigenvalue weighted by Gasteiger charge is 2.22. The smallest absolute Gasteiger partial charge is 0.282 e. The van der Waals surface area contributed by atoms with E-state index in [4.69, 9.17) is 10.8 Å². The molecule has 214 valence electrons. The molecule has 4 heterocycles. The quantitative estimate of drug-likeness (QED) is 0.217. The molecule has 5 N–H and O–H groups in total. The zero-order valence-corrected chi connectivity index (χ0v) is 23.3. The molecule has 0 radical (unpaired) electrons. The van der Waals surface area contributed by atoms with Crippen LogP contribution < -0.4 is 21.9 Å². The van der Waals surface area contributed by atoms with E-state index in [1.165, 1.54) is 36.8 Å². The fourth-order valence-electron chi connectivity index (χ4n) is 4.86. The molecule has 0 saturated carbocycles. The standard InChI is InChI=1S/C31H27N9O3/c1-18-12-13-39-26(18)31(43)40(23-6-4-3-5-7-23)29(38-39)19(2)36-28-25(27(32)34-17-35-28)21-14-22(16-33-15-21)37-30(42)20-8-10-24(41)11-9-20/h3-17,19,41H,1-2H3,(H,37,42)(H3,32,34,35,36)/t19-/m0/s1. The topological polar surface area (TPSA) is 165 Å². The maximum absolute atomic E-state index is 13.7. The minimum atomic E-state index is -0.515. The molecule has 0 aliphatic carbocycles. The summed E-state index contributed by atoms with van der Waals surface area (Å²) in [4.78, 5) is 39.4. The van der Waals surface area contributed by atoms with E-state index < -0.39 is 6.04 Å². The number of carbonyl (C=O) groups excluding carboxylic acids is 1. The van der Waals surface area contributed by atoms with E-state index in [1.54, 1.807) is 27.5 Å². The fraction of sp³-hybridized carbons (Fsp3) is 0.0968. The lowest BCUT2D eigenvalue weighted by molar-refractivity contribution is 0.102. The number of para-hydroxylation sites is 1. The molecular weight excluding hydrogens is 546 g/mol. The molecule has 0 aliphatic heterocycles. The molecule has 12 nitrogen and oxygen atoms in total. The van der Waals surface area contributed by atoms with E-state index in [2.05, 4.69) is 25.6 Å². The molecule has 4 aromatic heterocycles. The number of benzene rings is 2. The van der Waals surface area contributed by atoms with Crippen LogP contribution in [0.3, 0.4) is 0 Å². The average Bonchev–Trinajstić information content (AvgIpc) is 3.38. The Hall–Kier alpha value is -6.04. The van der Waals surface area contributed by atoms with Gasteiger partial charge in [0.1, 0.15) is 29.2 Å². The number of aromatic nitrogens is 6. The summed E-state index contributed by atoms with van der Waals surface area (Å²) >= 11 is 0. The number of hydrogen-bond donors (Lipinski definition) is 4. The summed E-state index contributed by atoms with van der Waals surface area (Å²) in [6.45, 7) is 3.75. The van der Waals surface area contributed by atoms with Crippen molar-refractivity contribution in [2.75, 3.05) is 16.4 Å². The summed E-state index contributed by atoms with van der Waals surface area (Å²) in [5.74, 6) is 0.729. The number of rotatable bonds is 7. The Morgan fingerprint density at radius 3 is 2.56 bits per heavy atom. The number of nitrogens with two attached hydrogens (primary N) is 1. The molecule has 0 bridgehead atoms. The summed E-state index contributed by atoms with van der Waals surface area (Å²) in [5, 5.41) is 20.5. The molecule has 12 heteroatoms. The number of nitrogens with zero attached hydrogens (tertiary/aromatic N) is 6. The summed E-state index contributed by atoms with van der Waals surface area (Å²) < 4.78 is 3.18. The number of hydrogen-bond acceptors (Lipinski definition) is 9. The highest BCUT2D eigenvalue weighted by Crippen LogP contribution is 2.33. The van der Waals surface area contributed by atoms with Crippen LogP contribution in [0, 0.1) is 6.92 Å². The number of aromatic hydroxyl groups is 1. The first-order valence-electron chi connectivity index (χ1n) is 13.4. The van der Waals surface area contributed by atoms with Gasteiger partial charge in [-0.2, -0.15) is 5.10 Å². The van der Waals surface area contributed by atoms with Crippen molar-refractivity contribution in [1.29, 1.82) is 0 Å². The zero-order chi connectivity index (χ0) is 30.1. The van der Waals surface area contributed by atoms with Gasteiger partial charge in [-0.05, 0) is 67.9 Å². The highest BCUT2D eigenvalue weighted by atomic mass is 16.3. The second kappa shape index (κ2) is 11.1. The molecule has 2 aromatic carbocycles. The summed E-state index contributed by atoms with van der Waals surface area (Å²) in [6, 6.07) is 18.3. The zero-order valence-electron chi connectivity index (χ0n) is 23.3. The van der Waals surface area contributed by atoms with Crippen LogP contribution in [0.15, 0.2) is 96.4 Å². The van der Waals surface area contributed by atoms with E-state index in [1.807, 2.05) is 50.2 Å². The molecule has 6 aromatic rings. The van der Waals surface area contributed by atoms with Crippen molar-refractivity contribution in [2.24, 2.45) is 0 Å². The molecule has 0 fully saturated rings. The second-order valence-corrected chi connectivity index (χ2v) is 9.94. The van der Waals surface area contributed by atoms with Crippen LogP contribution in [-0.2, 0) is 0 Å². The van der Waals surface area contributed by atoms with Crippen molar-refractivity contribution in [1.82, 2.24) is 29.1 Å². The first-order chi connectivity index (χ1) is 20.8. The van der Waals surface area contributed by atoms with E-state index >= 15 is 0 Å². The van der Waals surface area contributed by atoms with Crippen molar-refractivity contribution in [3.8, 4) is 22.6 Å².